The summed E-state index contributed by atoms with van der Waals surface area (Å²) >= 11 is 12.4. The number of carbonyl (C=O) groups is 1. The molecular formula is C17H10Cl2O2. The second-order valence-electron chi connectivity index (χ2n) is 4.65. The molecule has 0 aliphatic carbocycles. The Morgan fingerprint density at radius 1 is 0.905 bits per heavy atom. The minimum atomic E-state index is -0.955. The van der Waals surface area contributed by atoms with Crippen LogP contribution in [0.1, 0.15) is 10.4 Å². The minimum absolute atomic E-state index is 0.244. The van der Waals surface area contributed by atoms with Crippen molar-refractivity contribution < 1.29 is 9.90 Å². The van der Waals surface area contributed by atoms with Gasteiger partial charge in [0.05, 0.1) is 15.6 Å². The van der Waals surface area contributed by atoms with Crippen molar-refractivity contribution in [3.05, 3.63) is 70.2 Å². The predicted molar refractivity (Wildman–Crippen MR) is 86.4 cm³/mol. The van der Waals surface area contributed by atoms with Gasteiger partial charge in [-0.3, -0.25) is 0 Å². The molecule has 0 radical (unpaired) electrons. The van der Waals surface area contributed by atoms with Crippen LogP contribution in [0, 0.1) is 0 Å². The lowest BCUT2D eigenvalue weighted by Crippen LogP contribution is -1.95. The standard InChI is InChI=1S/C17H10Cl2O2/c18-15-6-2-5-13(16(15)19)12-4-1-3-10-7-8-11(17(20)21)9-14(10)12/h1-9H,(H,20,21). The van der Waals surface area contributed by atoms with Crippen LogP contribution in [0.15, 0.2) is 54.6 Å². The zero-order chi connectivity index (χ0) is 15.0. The van der Waals surface area contributed by atoms with E-state index in [1.54, 1.807) is 24.3 Å². The monoisotopic (exact) mass is 316 g/mol. The maximum absolute atomic E-state index is 11.2. The third kappa shape index (κ3) is 2.48. The highest BCUT2D eigenvalue weighted by Gasteiger charge is 2.11. The molecule has 0 aliphatic rings. The Hall–Kier alpha value is -2.03. The smallest absolute Gasteiger partial charge is 0.335 e. The van der Waals surface area contributed by atoms with Gasteiger partial charge >= 0.3 is 5.97 Å². The molecule has 1 N–H and O–H groups in total. The largest absolute Gasteiger partial charge is 0.478 e. The molecule has 0 saturated heterocycles. The molecule has 3 aromatic rings. The summed E-state index contributed by atoms with van der Waals surface area (Å²) in [6.45, 7) is 0. The van der Waals surface area contributed by atoms with Crippen LogP contribution < -0.4 is 0 Å². The average Bonchev–Trinajstić information content (AvgIpc) is 2.49. The predicted octanol–water partition coefficient (Wildman–Crippen LogP) is 5.51. The number of halogens is 2. The molecule has 2 nitrogen and oxygen atoms in total. The molecule has 0 saturated carbocycles. The van der Waals surface area contributed by atoms with Crippen molar-refractivity contribution in [2.45, 2.75) is 0 Å². The fraction of sp³-hybridized carbons (Fsp3) is 0. The van der Waals surface area contributed by atoms with Gasteiger partial charge in [0.15, 0.2) is 0 Å². The molecule has 0 atom stereocenters. The summed E-state index contributed by atoms with van der Waals surface area (Å²) in [4.78, 5) is 11.2. The lowest BCUT2D eigenvalue weighted by molar-refractivity contribution is 0.0697. The van der Waals surface area contributed by atoms with Crippen LogP contribution in [0.4, 0.5) is 0 Å². The summed E-state index contributed by atoms with van der Waals surface area (Å²) in [5.41, 5.74) is 1.90. The van der Waals surface area contributed by atoms with Crippen molar-refractivity contribution >= 4 is 39.9 Å². The zero-order valence-electron chi connectivity index (χ0n) is 10.8. The van der Waals surface area contributed by atoms with Crippen molar-refractivity contribution in [1.29, 1.82) is 0 Å². The molecule has 0 fully saturated rings. The second kappa shape index (κ2) is 5.40. The van der Waals surface area contributed by atoms with Crippen LogP contribution in [-0.2, 0) is 0 Å². The topological polar surface area (TPSA) is 37.3 Å². The van der Waals surface area contributed by atoms with Gasteiger partial charge in [0.1, 0.15) is 0 Å². The second-order valence-corrected chi connectivity index (χ2v) is 5.43. The fourth-order valence-electron chi connectivity index (χ4n) is 2.35. The van der Waals surface area contributed by atoms with Crippen molar-refractivity contribution in [2.24, 2.45) is 0 Å². The van der Waals surface area contributed by atoms with E-state index < -0.39 is 5.97 Å². The Bertz CT molecular complexity index is 857. The first-order valence-corrected chi connectivity index (χ1v) is 7.04. The first kappa shape index (κ1) is 13.9. The highest BCUT2D eigenvalue weighted by atomic mass is 35.5. The van der Waals surface area contributed by atoms with Gasteiger partial charge in [-0.05, 0) is 34.5 Å². The SMILES string of the molecule is O=C(O)c1ccc2cccc(-c3cccc(Cl)c3Cl)c2c1. The molecule has 0 aliphatic heterocycles. The van der Waals surface area contributed by atoms with Gasteiger partial charge in [-0.1, -0.05) is 59.6 Å². The summed E-state index contributed by atoms with van der Waals surface area (Å²) in [5.74, 6) is -0.955. The highest BCUT2D eigenvalue weighted by Crippen LogP contribution is 2.37. The Balaban J connectivity index is 2.34. The van der Waals surface area contributed by atoms with E-state index in [0.717, 1.165) is 21.9 Å². The summed E-state index contributed by atoms with van der Waals surface area (Å²) in [7, 11) is 0. The van der Waals surface area contributed by atoms with E-state index in [0.29, 0.717) is 10.0 Å². The van der Waals surface area contributed by atoms with Crippen LogP contribution in [0.5, 0.6) is 0 Å². The van der Waals surface area contributed by atoms with Crippen LogP contribution in [0.2, 0.25) is 10.0 Å². The normalized spacial score (nSPS) is 10.8. The molecule has 0 bridgehead atoms. The summed E-state index contributed by atoms with van der Waals surface area (Å²) in [6, 6.07) is 16.2. The van der Waals surface area contributed by atoms with Crippen molar-refractivity contribution in [2.75, 3.05) is 0 Å². The molecule has 0 unspecified atom stereocenters. The van der Waals surface area contributed by atoms with Gasteiger partial charge in [0.2, 0.25) is 0 Å². The van der Waals surface area contributed by atoms with E-state index in [2.05, 4.69) is 0 Å². The Labute approximate surface area is 131 Å². The van der Waals surface area contributed by atoms with E-state index in [1.165, 1.54) is 0 Å². The van der Waals surface area contributed by atoms with Crippen LogP contribution in [0.25, 0.3) is 21.9 Å². The first-order valence-electron chi connectivity index (χ1n) is 6.28. The number of aromatic carboxylic acids is 1. The molecule has 0 aromatic heterocycles. The summed E-state index contributed by atoms with van der Waals surface area (Å²) < 4.78 is 0. The van der Waals surface area contributed by atoms with Gasteiger partial charge in [0.25, 0.3) is 0 Å². The molecule has 0 spiro atoms. The van der Waals surface area contributed by atoms with E-state index in [9.17, 15) is 4.79 Å². The third-order valence-electron chi connectivity index (χ3n) is 3.37. The molecule has 3 rings (SSSR count). The van der Waals surface area contributed by atoms with Crippen LogP contribution in [-0.4, -0.2) is 11.1 Å². The summed E-state index contributed by atoms with van der Waals surface area (Å²) in [6.07, 6.45) is 0. The van der Waals surface area contributed by atoms with Gasteiger partial charge in [-0.25, -0.2) is 4.79 Å². The lowest BCUT2D eigenvalue weighted by atomic mass is 9.97. The molecule has 0 heterocycles. The average molecular weight is 317 g/mol. The zero-order valence-corrected chi connectivity index (χ0v) is 12.3. The van der Waals surface area contributed by atoms with E-state index in [1.807, 2.05) is 30.3 Å². The molecule has 0 amide bonds. The Morgan fingerprint density at radius 3 is 2.38 bits per heavy atom. The number of benzene rings is 3. The van der Waals surface area contributed by atoms with Gasteiger partial charge in [-0.2, -0.15) is 0 Å². The number of carboxylic acids is 1. The number of hydrogen-bond acceptors (Lipinski definition) is 1. The number of rotatable bonds is 2. The Kier molecular flexibility index (Phi) is 3.58. The molecule has 21 heavy (non-hydrogen) atoms. The van der Waals surface area contributed by atoms with Crippen molar-refractivity contribution in [3.8, 4) is 11.1 Å². The van der Waals surface area contributed by atoms with Gasteiger partial charge < -0.3 is 5.11 Å². The van der Waals surface area contributed by atoms with E-state index in [-0.39, 0.29) is 5.56 Å². The van der Waals surface area contributed by atoms with Crippen LogP contribution in [0.3, 0.4) is 0 Å². The van der Waals surface area contributed by atoms with Crippen molar-refractivity contribution in [1.82, 2.24) is 0 Å². The fourth-order valence-corrected chi connectivity index (χ4v) is 2.75. The highest BCUT2D eigenvalue weighted by molar-refractivity contribution is 6.44. The third-order valence-corrected chi connectivity index (χ3v) is 4.19. The van der Waals surface area contributed by atoms with Gasteiger partial charge in [0, 0.05) is 5.56 Å². The Morgan fingerprint density at radius 2 is 1.62 bits per heavy atom. The summed E-state index contributed by atoms with van der Waals surface area (Å²) in [5, 5.41) is 11.9. The lowest BCUT2D eigenvalue weighted by Gasteiger charge is -2.10. The van der Waals surface area contributed by atoms with Gasteiger partial charge in [-0.15, -0.1) is 0 Å². The van der Waals surface area contributed by atoms with Crippen molar-refractivity contribution in [3.63, 3.8) is 0 Å². The minimum Gasteiger partial charge on any atom is -0.478 e. The maximum Gasteiger partial charge on any atom is 0.335 e. The van der Waals surface area contributed by atoms with Crippen LogP contribution >= 0.6 is 23.2 Å². The number of hydrogen-bond donors (Lipinski definition) is 1. The maximum atomic E-state index is 11.2. The first-order chi connectivity index (χ1) is 10.1. The molecule has 104 valence electrons. The number of fused-ring (bicyclic) bond motifs is 1. The molecule has 4 heteroatoms. The van der Waals surface area contributed by atoms with E-state index >= 15 is 0 Å². The molecular weight excluding hydrogens is 307 g/mol. The molecule has 3 aromatic carbocycles. The number of carboxylic acid groups (broad SMARTS) is 1. The van der Waals surface area contributed by atoms with E-state index in [4.69, 9.17) is 28.3 Å². The quantitative estimate of drug-likeness (QED) is 0.676.